The Balaban J connectivity index is 1.91. The van der Waals surface area contributed by atoms with E-state index in [1.807, 2.05) is 38.1 Å². The number of phenols is 1. The van der Waals surface area contributed by atoms with Crippen LogP contribution in [0.5, 0.6) is 11.5 Å². The maximum atomic E-state index is 13.6. The van der Waals surface area contributed by atoms with Crippen molar-refractivity contribution in [2.24, 2.45) is 4.99 Å². The Labute approximate surface area is 200 Å². The fourth-order valence-corrected chi connectivity index (χ4v) is 4.90. The molecule has 1 N–H and O–H groups in total. The lowest BCUT2D eigenvalue weighted by atomic mass is 9.96. The number of aromatic nitrogens is 1. The number of carbonyl (C=O) groups is 1. The van der Waals surface area contributed by atoms with E-state index in [9.17, 15) is 14.7 Å². The van der Waals surface area contributed by atoms with Crippen LogP contribution in [0, 0.1) is 0 Å². The van der Waals surface area contributed by atoms with Crippen molar-refractivity contribution < 1.29 is 19.4 Å². The average molecular weight is 479 g/mol. The van der Waals surface area contributed by atoms with E-state index in [0.717, 1.165) is 5.56 Å². The van der Waals surface area contributed by atoms with Crippen LogP contribution in [-0.4, -0.2) is 28.4 Å². The van der Waals surface area contributed by atoms with Crippen LogP contribution in [0.15, 0.2) is 69.6 Å². The van der Waals surface area contributed by atoms with Gasteiger partial charge in [0.25, 0.3) is 5.56 Å². The first-order valence-electron chi connectivity index (χ1n) is 11.0. The standard InChI is InChI=1S/C26H26N2O5S/c1-5-32-25(31)22-16(4)27-26-28(23(22)17-10-12-19(13-11-17)33-15(2)3)24(30)21(34-26)14-18-8-6-7-9-20(18)29/h6-15,23,29H,5H2,1-4H3. The summed E-state index contributed by atoms with van der Waals surface area (Å²) < 4.78 is 13.0. The number of thiazole rings is 1. The lowest BCUT2D eigenvalue weighted by molar-refractivity contribution is -0.139. The highest BCUT2D eigenvalue weighted by molar-refractivity contribution is 7.07. The molecule has 0 bridgehead atoms. The number of rotatable bonds is 6. The predicted octanol–water partition coefficient (Wildman–Crippen LogP) is 3.29. The second kappa shape index (κ2) is 9.69. The molecular formula is C26H26N2O5S. The van der Waals surface area contributed by atoms with Gasteiger partial charge < -0.3 is 14.6 Å². The summed E-state index contributed by atoms with van der Waals surface area (Å²) in [5, 5.41) is 10.2. The Bertz CT molecular complexity index is 1430. The van der Waals surface area contributed by atoms with Gasteiger partial charge in [0, 0.05) is 5.56 Å². The highest BCUT2D eigenvalue weighted by Crippen LogP contribution is 2.31. The molecule has 0 aliphatic carbocycles. The monoisotopic (exact) mass is 478 g/mol. The predicted molar refractivity (Wildman–Crippen MR) is 131 cm³/mol. The minimum Gasteiger partial charge on any atom is -0.507 e. The van der Waals surface area contributed by atoms with Gasteiger partial charge in [0.15, 0.2) is 4.80 Å². The number of hydrogen-bond donors (Lipinski definition) is 1. The number of fused-ring (bicyclic) bond motifs is 1. The summed E-state index contributed by atoms with van der Waals surface area (Å²) in [6.07, 6.45) is 1.66. The zero-order valence-electron chi connectivity index (χ0n) is 19.4. The van der Waals surface area contributed by atoms with Crippen LogP contribution in [0.1, 0.15) is 44.9 Å². The first-order chi connectivity index (χ1) is 16.3. The van der Waals surface area contributed by atoms with E-state index in [2.05, 4.69) is 4.99 Å². The summed E-state index contributed by atoms with van der Waals surface area (Å²) in [6, 6.07) is 13.4. The van der Waals surface area contributed by atoms with Crippen molar-refractivity contribution in [1.29, 1.82) is 0 Å². The third-order valence-electron chi connectivity index (χ3n) is 5.31. The molecule has 7 nitrogen and oxygen atoms in total. The second-order valence-electron chi connectivity index (χ2n) is 8.10. The van der Waals surface area contributed by atoms with Gasteiger partial charge in [-0.3, -0.25) is 9.36 Å². The van der Waals surface area contributed by atoms with Crippen LogP contribution in [0.4, 0.5) is 0 Å². The molecule has 176 valence electrons. The van der Waals surface area contributed by atoms with E-state index in [4.69, 9.17) is 9.47 Å². The number of aromatic hydroxyl groups is 1. The molecule has 0 radical (unpaired) electrons. The van der Waals surface area contributed by atoms with Crippen LogP contribution >= 0.6 is 11.3 Å². The molecule has 0 saturated carbocycles. The molecule has 2 heterocycles. The van der Waals surface area contributed by atoms with E-state index in [1.54, 1.807) is 44.2 Å². The van der Waals surface area contributed by atoms with Crippen LogP contribution in [-0.2, 0) is 9.53 Å². The zero-order chi connectivity index (χ0) is 24.4. The Morgan fingerprint density at radius 1 is 1.21 bits per heavy atom. The van der Waals surface area contributed by atoms with E-state index in [0.29, 0.717) is 31.9 Å². The summed E-state index contributed by atoms with van der Waals surface area (Å²) in [7, 11) is 0. The third kappa shape index (κ3) is 4.54. The molecule has 34 heavy (non-hydrogen) atoms. The fourth-order valence-electron chi connectivity index (χ4n) is 3.86. The normalized spacial score (nSPS) is 15.8. The van der Waals surface area contributed by atoms with Crippen molar-refractivity contribution in [1.82, 2.24) is 4.57 Å². The molecule has 8 heteroatoms. The molecule has 0 spiro atoms. The number of carbonyl (C=O) groups excluding carboxylic acids is 1. The Hall–Kier alpha value is -3.65. The van der Waals surface area contributed by atoms with Gasteiger partial charge in [0.1, 0.15) is 11.5 Å². The quantitative estimate of drug-likeness (QED) is 0.549. The molecule has 4 rings (SSSR count). The first-order valence-corrected chi connectivity index (χ1v) is 11.9. The smallest absolute Gasteiger partial charge is 0.338 e. The van der Waals surface area contributed by atoms with E-state index >= 15 is 0 Å². The molecule has 3 aromatic rings. The zero-order valence-corrected chi connectivity index (χ0v) is 20.3. The molecular weight excluding hydrogens is 452 g/mol. The number of hydrogen-bond acceptors (Lipinski definition) is 7. The van der Waals surface area contributed by atoms with Crippen LogP contribution in [0.25, 0.3) is 6.08 Å². The molecule has 0 fully saturated rings. The SMILES string of the molecule is CCOC(=O)C1=C(C)N=c2sc(=Cc3ccccc3O)c(=O)n2C1c1ccc(OC(C)C)cc1. The number of benzene rings is 2. The van der Waals surface area contributed by atoms with Gasteiger partial charge in [0.2, 0.25) is 0 Å². The summed E-state index contributed by atoms with van der Waals surface area (Å²) in [5.74, 6) is 0.268. The lowest BCUT2D eigenvalue weighted by Crippen LogP contribution is -2.39. The van der Waals surface area contributed by atoms with Crippen molar-refractivity contribution in [2.45, 2.75) is 39.8 Å². The number of allylic oxidation sites excluding steroid dienone is 1. The third-order valence-corrected chi connectivity index (χ3v) is 6.29. The van der Waals surface area contributed by atoms with Crippen LogP contribution in [0.3, 0.4) is 0 Å². The number of para-hydroxylation sites is 1. The van der Waals surface area contributed by atoms with Crippen molar-refractivity contribution in [3.63, 3.8) is 0 Å². The van der Waals surface area contributed by atoms with Crippen molar-refractivity contribution in [3.8, 4) is 11.5 Å². The highest BCUT2D eigenvalue weighted by Gasteiger charge is 2.33. The van der Waals surface area contributed by atoms with Crippen molar-refractivity contribution in [2.75, 3.05) is 6.61 Å². The second-order valence-corrected chi connectivity index (χ2v) is 9.11. The van der Waals surface area contributed by atoms with Gasteiger partial charge in [-0.2, -0.15) is 0 Å². The molecule has 1 atom stereocenters. The lowest BCUT2D eigenvalue weighted by Gasteiger charge is -2.25. The van der Waals surface area contributed by atoms with Gasteiger partial charge in [-0.25, -0.2) is 9.79 Å². The van der Waals surface area contributed by atoms with Gasteiger partial charge in [-0.05, 0) is 57.5 Å². The van der Waals surface area contributed by atoms with E-state index in [-0.39, 0.29) is 24.0 Å². The number of esters is 1. The number of phenolic OH excluding ortho intramolecular Hbond substituents is 1. The largest absolute Gasteiger partial charge is 0.507 e. The summed E-state index contributed by atoms with van der Waals surface area (Å²) in [4.78, 5) is 31.5. The number of nitrogens with zero attached hydrogens (tertiary/aromatic N) is 2. The summed E-state index contributed by atoms with van der Waals surface area (Å²) in [5.41, 5.74) is 1.79. The molecule has 1 unspecified atom stereocenters. The molecule has 1 aromatic heterocycles. The first kappa shape index (κ1) is 23.5. The molecule has 1 aliphatic heterocycles. The molecule has 1 aliphatic rings. The Morgan fingerprint density at radius 3 is 2.56 bits per heavy atom. The van der Waals surface area contributed by atoms with Gasteiger partial charge >= 0.3 is 5.97 Å². The fraction of sp³-hybridized carbons (Fsp3) is 0.269. The minimum atomic E-state index is -0.699. The molecule has 0 saturated heterocycles. The number of ether oxygens (including phenoxy) is 2. The maximum absolute atomic E-state index is 13.6. The van der Waals surface area contributed by atoms with Crippen LogP contribution < -0.4 is 19.6 Å². The topological polar surface area (TPSA) is 90.1 Å². The molecule has 2 aromatic carbocycles. The summed E-state index contributed by atoms with van der Waals surface area (Å²) in [6.45, 7) is 7.59. The van der Waals surface area contributed by atoms with Gasteiger partial charge in [-0.1, -0.05) is 41.7 Å². The minimum absolute atomic E-state index is 0.0233. The highest BCUT2D eigenvalue weighted by atomic mass is 32.1. The molecule has 0 amide bonds. The van der Waals surface area contributed by atoms with E-state index in [1.165, 1.54) is 15.9 Å². The van der Waals surface area contributed by atoms with Crippen molar-refractivity contribution >= 4 is 23.4 Å². The van der Waals surface area contributed by atoms with Gasteiger partial charge in [0.05, 0.1) is 34.6 Å². The van der Waals surface area contributed by atoms with Gasteiger partial charge in [-0.15, -0.1) is 0 Å². The summed E-state index contributed by atoms with van der Waals surface area (Å²) >= 11 is 1.21. The van der Waals surface area contributed by atoms with Crippen LogP contribution in [0.2, 0.25) is 0 Å². The Kier molecular flexibility index (Phi) is 6.70. The average Bonchev–Trinajstić information content (AvgIpc) is 3.09. The van der Waals surface area contributed by atoms with E-state index < -0.39 is 12.0 Å². The maximum Gasteiger partial charge on any atom is 0.338 e. The Morgan fingerprint density at radius 2 is 1.91 bits per heavy atom. The van der Waals surface area contributed by atoms with Crippen molar-refractivity contribution in [3.05, 3.63) is 90.6 Å².